The number of hydrogen-bond donors (Lipinski definition) is 1. The van der Waals surface area contributed by atoms with E-state index in [1.165, 1.54) is 5.56 Å². The molecule has 0 aromatic heterocycles. The first-order valence-electron chi connectivity index (χ1n) is 4.88. The smallest absolute Gasteiger partial charge is 0.00257 e. The van der Waals surface area contributed by atoms with E-state index in [-0.39, 0.29) is 5.41 Å². The summed E-state index contributed by atoms with van der Waals surface area (Å²) in [6.45, 7) is 5.20. The van der Waals surface area contributed by atoms with Crippen LogP contribution in [-0.2, 0) is 6.42 Å². The van der Waals surface area contributed by atoms with Crippen molar-refractivity contribution >= 4 is 0 Å². The van der Waals surface area contributed by atoms with Crippen LogP contribution in [0.15, 0.2) is 30.3 Å². The van der Waals surface area contributed by atoms with Gasteiger partial charge in [0.25, 0.3) is 0 Å². The van der Waals surface area contributed by atoms with Gasteiger partial charge in [0, 0.05) is 0 Å². The quantitative estimate of drug-likeness (QED) is 0.751. The maximum absolute atomic E-state index is 5.67. The van der Waals surface area contributed by atoms with Crippen molar-refractivity contribution in [1.82, 2.24) is 0 Å². The molecule has 0 aliphatic carbocycles. The first kappa shape index (κ1) is 10.3. The molecule has 0 unspecified atom stereocenters. The molecule has 0 saturated heterocycles. The summed E-state index contributed by atoms with van der Waals surface area (Å²) in [7, 11) is 0. The van der Waals surface area contributed by atoms with E-state index in [9.17, 15) is 0 Å². The number of benzene rings is 1. The predicted octanol–water partition coefficient (Wildman–Crippen LogP) is 2.60. The fraction of sp³-hybridized carbons (Fsp3) is 0.500. The lowest BCUT2D eigenvalue weighted by Gasteiger charge is -2.21. The molecule has 0 aliphatic rings. The summed E-state index contributed by atoms with van der Waals surface area (Å²) in [4.78, 5) is 0. The van der Waals surface area contributed by atoms with E-state index in [4.69, 9.17) is 5.73 Å². The average Bonchev–Trinajstić information content (AvgIpc) is 2.17. The van der Waals surface area contributed by atoms with Crippen LogP contribution >= 0.6 is 0 Å². The van der Waals surface area contributed by atoms with Crippen molar-refractivity contribution in [3.8, 4) is 0 Å². The highest BCUT2D eigenvalue weighted by Crippen LogP contribution is 2.20. The highest BCUT2D eigenvalue weighted by Gasteiger charge is 2.14. The first-order chi connectivity index (χ1) is 6.14. The van der Waals surface area contributed by atoms with Gasteiger partial charge in [0.05, 0.1) is 0 Å². The van der Waals surface area contributed by atoms with Crippen molar-refractivity contribution in [3.05, 3.63) is 35.9 Å². The lowest BCUT2D eigenvalue weighted by molar-refractivity contribution is 0.348. The van der Waals surface area contributed by atoms with Gasteiger partial charge in [-0.05, 0) is 30.4 Å². The minimum absolute atomic E-state index is 0.274. The maximum Gasteiger partial charge on any atom is -0.00257 e. The Hall–Kier alpha value is -0.820. The lowest BCUT2D eigenvalue weighted by Crippen LogP contribution is -2.23. The third-order valence-corrected chi connectivity index (χ3v) is 2.49. The Bertz CT molecular complexity index is 239. The van der Waals surface area contributed by atoms with Crippen LogP contribution < -0.4 is 5.73 Å². The standard InChI is InChI=1S/C12H19N/c1-12(2,10-13)9-8-11-6-4-3-5-7-11/h3-7H,8-10,13H2,1-2H3. The average molecular weight is 177 g/mol. The summed E-state index contributed by atoms with van der Waals surface area (Å²) in [5, 5.41) is 0. The third kappa shape index (κ3) is 3.60. The second-order valence-electron chi connectivity index (χ2n) is 4.35. The van der Waals surface area contributed by atoms with Gasteiger partial charge in [0.2, 0.25) is 0 Å². The Morgan fingerprint density at radius 3 is 2.31 bits per heavy atom. The summed E-state index contributed by atoms with van der Waals surface area (Å²) in [6, 6.07) is 10.6. The molecule has 1 nitrogen and oxygen atoms in total. The van der Waals surface area contributed by atoms with E-state index < -0.39 is 0 Å². The van der Waals surface area contributed by atoms with Crippen molar-refractivity contribution < 1.29 is 0 Å². The molecule has 0 amide bonds. The Balaban J connectivity index is 2.44. The molecule has 0 bridgehead atoms. The van der Waals surface area contributed by atoms with Crippen molar-refractivity contribution in [2.75, 3.05) is 6.54 Å². The first-order valence-corrected chi connectivity index (χ1v) is 4.88. The molecule has 0 fully saturated rings. The van der Waals surface area contributed by atoms with Crippen molar-refractivity contribution in [3.63, 3.8) is 0 Å². The van der Waals surface area contributed by atoms with Gasteiger partial charge < -0.3 is 5.73 Å². The minimum atomic E-state index is 0.274. The van der Waals surface area contributed by atoms with Crippen LogP contribution in [0.4, 0.5) is 0 Å². The van der Waals surface area contributed by atoms with E-state index >= 15 is 0 Å². The zero-order valence-corrected chi connectivity index (χ0v) is 8.59. The van der Waals surface area contributed by atoms with E-state index in [1.807, 2.05) is 0 Å². The van der Waals surface area contributed by atoms with Crippen molar-refractivity contribution in [1.29, 1.82) is 0 Å². The Kier molecular flexibility index (Phi) is 3.49. The van der Waals surface area contributed by atoms with Gasteiger partial charge in [-0.15, -0.1) is 0 Å². The minimum Gasteiger partial charge on any atom is -0.330 e. The molecule has 0 radical (unpaired) electrons. The molecule has 2 N–H and O–H groups in total. The number of nitrogens with two attached hydrogens (primary N) is 1. The van der Waals surface area contributed by atoms with Crippen LogP contribution in [0.3, 0.4) is 0 Å². The molecule has 0 saturated carbocycles. The highest BCUT2D eigenvalue weighted by atomic mass is 14.6. The largest absolute Gasteiger partial charge is 0.330 e. The molecule has 0 heterocycles. The van der Waals surface area contributed by atoms with E-state index in [1.54, 1.807) is 0 Å². The molecule has 0 atom stereocenters. The molecule has 1 heteroatoms. The van der Waals surface area contributed by atoms with E-state index in [2.05, 4.69) is 44.2 Å². The Labute approximate surface area is 81.0 Å². The molecule has 13 heavy (non-hydrogen) atoms. The van der Waals surface area contributed by atoms with Gasteiger partial charge in [-0.3, -0.25) is 0 Å². The van der Waals surface area contributed by atoms with Crippen LogP contribution in [0.25, 0.3) is 0 Å². The van der Waals surface area contributed by atoms with Crippen LogP contribution in [0.1, 0.15) is 25.8 Å². The molecule has 0 spiro atoms. The summed E-state index contributed by atoms with van der Waals surface area (Å²) >= 11 is 0. The normalized spacial score (nSPS) is 11.6. The fourth-order valence-corrected chi connectivity index (χ4v) is 1.23. The third-order valence-electron chi connectivity index (χ3n) is 2.49. The lowest BCUT2D eigenvalue weighted by atomic mass is 9.86. The number of aryl methyl sites for hydroxylation is 1. The maximum atomic E-state index is 5.67. The zero-order valence-electron chi connectivity index (χ0n) is 8.59. The summed E-state index contributed by atoms with van der Waals surface area (Å²) in [5.41, 5.74) is 7.35. The summed E-state index contributed by atoms with van der Waals surface area (Å²) in [5.74, 6) is 0. The Morgan fingerprint density at radius 2 is 1.77 bits per heavy atom. The number of rotatable bonds is 4. The second-order valence-corrected chi connectivity index (χ2v) is 4.35. The molecule has 0 aliphatic heterocycles. The van der Waals surface area contributed by atoms with Crippen molar-refractivity contribution in [2.45, 2.75) is 26.7 Å². The van der Waals surface area contributed by atoms with Crippen LogP contribution in [0, 0.1) is 5.41 Å². The van der Waals surface area contributed by atoms with Gasteiger partial charge in [0.1, 0.15) is 0 Å². The van der Waals surface area contributed by atoms with Crippen LogP contribution in [0.5, 0.6) is 0 Å². The molecular weight excluding hydrogens is 158 g/mol. The van der Waals surface area contributed by atoms with Crippen LogP contribution in [0.2, 0.25) is 0 Å². The summed E-state index contributed by atoms with van der Waals surface area (Å²) in [6.07, 6.45) is 2.29. The topological polar surface area (TPSA) is 26.0 Å². The second kappa shape index (κ2) is 4.43. The van der Waals surface area contributed by atoms with Gasteiger partial charge in [0.15, 0.2) is 0 Å². The Morgan fingerprint density at radius 1 is 1.15 bits per heavy atom. The van der Waals surface area contributed by atoms with Gasteiger partial charge in [-0.25, -0.2) is 0 Å². The number of hydrogen-bond acceptors (Lipinski definition) is 1. The van der Waals surface area contributed by atoms with Gasteiger partial charge in [-0.2, -0.15) is 0 Å². The van der Waals surface area contributed by atoms with Gasteiger partial charge >= 0.3 is 0 Å². The van der Waals surface area contributed by atoms with Gasteiger partial charge in [-0.1, -0.05) is 44.2 Å². The summed E-state index contributed by atoms with van der Waals surface area (Å²) < 4.78 is 0. The van der Waals surface area contributed by atoms with E-state index in [0.717, 1.165) is 19.4 Å². The fourth-order valence-electron chi connectivity index (χ4n) is 1.23. The highest BCUT2D eigenvalue weighted by molar-refractivity contribution is 5.14. The van der Waals surface area contributed by atoms with Crippen LogP contribution in [-0.4, -0.2) is 6.54 Å². The SMILES string of the molecule is CC(C)(CN)CCc1ccccc1. The molecule has 1 aromatic rings. The predicted molar refractivity (Wildman–Crippen MR) is 57.6 cm³/mol. The van der Waals surface area contributed by atoms with E-state index in [0.29, 0.717) is 0 Å². The van der Waals surface area contributed by atoms with Crippen molar-refractivity contribution in [2.24, 2.45) is 11.1 Å². The molecule has 1 rings (SSSR count). The molecule has 72 valence electrons. The monoisotopic (exact) mass is 177 g/mol. The molecule has 1 aromatic carbocycles. The molecular formula is C12H19N. The zero-order chi connectivity index (χ0) is 9.73.